The second kappa shape index (κ2) is 8.51. The van der Waals surface area contributed by atoms with Crippen molar-refractivity contribution in [1.82, 2.24) is 10.6 Å². The Morgan fingerprint density at radius 1 is 1.37 bits per heavy atom. The summed E-state index contributed by atoms with van der Waals surface area (Å²) in [4.78, 5) is 11.6. The largest absolute Gasteiger partial charge is 0.336 e. The number of rotatable bonds is 7. The molecule has 0 fully saturated rings. The van der Waals surface area contributed by atoms with Gasteiger partial charge in [0.1, 0.15) is 5.82 Å². The average molecular weight is 266 g/mol. The Kier molecular flexibility index (Phi) is 6.93. The van der Waals surface area contributed by atoms with E-state index in [-0.39, 0.29) is 17.9 Å². The Bertz CT molecular complexity index is 395. The maximum absolute atomic E-state index is 12.9. The number of hydrogen-bond donors (Lipinski definition) is 2. The van der Waals surface area contributed by atoms with Crippen LogP contribution >= 0.6 is 0 Å². The number of benzene rings is 1. The van der Waals surface area contributed by atoms with Crippen molar-refractivity contribution in [3.8, 4) is 0 Å². The zero-order valence-corrected chi connectivity index (χ0v) is 11.7. The minimum Gasteiger partial charge on any atom is -0.336 e. The fourth-order valence-corrected chi connectivity index (χ4v) is 1.88. The van der Waals surface area contributed by atoms with Gasteiger partial charge in [-0.2, -0.15) is 0 Å². The molecule has 0 aliphatic rings. The topological polar surface area (TPSA) is 41.1 Å². The monoisotopic (exact) mass is 266 g/mol. The van der Waals surface area contributed by atoms with Crippen LogP contribution in [0, 0.1) is 5.82 Å². The minimum absolute atomic E-state index is 0.166. The van der Waals surface area contributed by atoms with E-state index >= 15 is 0 Å². The molecule has 0 spiro atoms. The Morgan fingerprint density at radius 3 is 2.84 bits per heavy atom. The fraction of sp³-hybridized carbons (Fsp3) is 0.533. The molecule has 1 aromatic rings. The van der Waals surface area contributed by atoms with Gasteiger partial charge >= 0.3 is 6.03 Å². The van der Waals surface area contributed by atoms with Crippen molar-refractivity contribution in [3.05, 3.63) is 35.6 Å². The van der Waals surface area contributed by atoms with Gasteiger partial charge in [-0.1, -0.05) is 38.3 Å². The first-order valence-electron chi connectivity index (χ1n) is 6.90. The van der Waals surface area contributed by atoms with Crippen molar-refractivity contribution in [2.75, 3.05) is 0 Å². The predicted octanol–water partition coefficient (Wildman–Crippen LogP) is 3.59. The van der Waals surface area contributed by atoms with Gasteiger partial charge in [-0.15, -0.1) is 0 Å². The fourth-order valence-electron chi connectivity index (χ4n) is 1.88. The molecule has 0 saturated carbocycles. The maximum atomic E-state index is 12.9. The van der Waals surface area contributed by atoms with Crippen LogP contribution in [0.5, 0.6) is 0 Å². The van der Waals surface area contributed by atoms with E-state index in [0.29, 0.717) is 6.54 Å². The van der Waals surface area contributed by atoms with Gasteiger partial charge < -0.3 is 10.6 Å². The number of urea groups is 1. The predicted molar refractivity (Wildman–Crippen MR) is 75.4 cm³/mol. The molecule has 0 bridgehead atoms. The molecule has 0 aromatic heterocycles. The van der Waals surface area contributed by atoms with Crippen LogP contribution in [0.4, 0.5) is 9.18 Å². The zero-order chi connectivity index (χ0) is 14.1. The van der Waals surface area contributed by atoms with Gasteiger partial charge in [0.15, 0.2) is 0 Å². The quantitative estimate of drug-likeness (QED) is 0.727. The highest BCUT2D eigenvalue weighted by Gasteiger charge is 2.06. The minimum atomic E-state index is -0.285. The average Bonchev–Trinajstić information content (AvgIpc) is 2.37. The van der Waals surface area contributed by atoms with E-state index < -0.39 is 0 Å². The van der Waals surface area contributed by atoms with Crippen LogP contribution in [0.3, 0.4) is 0 Å². The third-order valence-corrected chi connectivity index (χ3v) is 2.96. The number of nitrogens with one attached hydrogen (secondary N) is 2. The summed E-state index contributed by atoms with van der Waals surface area (Å²) in [6, 6.07) is 6.20. The van der Waals surface area contributed by atoms with Gasteiger partial charge in [0.2, 0.25) is 0 Å². The Balaban J connectivity index is 2.24. The lowest BCUT2D eigenvalue weighted by Crippen LogP contribution is -2.40. The van der Waals surface area contributed by atoms with Crippen LogP contribution in [0.25, 0.3) is 0 Å². The van der Waals surface area contributed by atoms with Crippen molar-refractivity contribution < 1.29 is 9.18 Å². The summed E-state index contributed by atoms with van der Waals surface area (Å²) in [5, 5.41) is 5.61. The van der Waals surface area contributed by atoms with Crippen LogP contribution in [0.15, 0.2) is 24.3 Å². The second-order valence-corrected chi connectivity index (χ2v) is 4.85. The Morgan fingerprint density at radius 2 is 2.16 bits per heavy atom. The van der Waals surface area contributed by atoms with E-state index in [1.165, 1.54) is 25.0 Å². The van der Waals surface area contributed by atoms with E-state index in [0.717, 1.165) is 18.4 Å². The normalized spacial score (nSPS) is 11.9. The highest BCUT2D eigenvalue weighted by atomic mass is 19.1. The molecule has 2 amide bonds. The first-order valence-corrected chi connectivity index (χ1v) is 6.90. The summed E-state index contributed by atoms with van der Waals surface area (Å²) in [5.74, 6) is -0.285. The molecule has 1 atom stereocenters. The van der Waals surface area contributed by atoms with Crippen molar-refractivity contribution in [3.63, 3.8) is 0 Å². The maximum Gasteiger partial charge on any atom is 0.315 e. The third kappa shape index (κ3) is 6.79. The smallest absolute Gasteiger partial charge is 0.315 e. The van der Waals surface area contributed by atoms with E-state index in [4.69, 9.17) is 0 Å². The molecule has 4 heteroatoms. The van der Waals surface area contributed by atoms with Crippen LogP contribution in [0.1, 0.15) is 45.1 Å². The highest BCUT2D eigenvalue weighted by molar-refractivity contribution is 5.74. The summed E-state index contributed by atoms with van der Waals surface area (Å²) in [5.41, 5.74) is 0.758. The Labute approximate surface area is 114 Å². The number of carbonyl (C=O) groups is 1. The molecule has 2 N–H and O–H groups in total. The summed E-state index contributed by atoms with van der Waals surface area (Å²) >= 11 is 0. The summed E-state index contributed by atoms with van der Waals surface area (Å²) < 4.78 is 12.9. The molecule has 106 valence electrons. The number of amides is 2. The van der Waals surface area contributed by atoms with Crippen molar-refractivity contribution in [1.29, 1.82) is 0 Å². The molecule has 19 heavy (non-hydrogen) atoms. The summed E-state index contributed by atoms with van der Waals surface area (Å²) in [6.07, 6.45) is 4.48. The molecule has 1 unspecified atom stereocenters. The first kappa shape index (κ1) is 15.5. The van der Waals surface area contributed by atoms with Gasteiger partial charge in [-0.3, -0.25) is 0 Å². The molecule has 3 nitrogen and oxygen atoms in total. The first-order chi connectivity index (χ1) is 9.11. The number of hydrogen-bond acceptors (Lipinski definition) is 1. The van der Waals surface area contributed by atoms with Crippen molar-refractivity contribution in [2.45, 2.75) is 52.1 Å². The van der Waals surface area contributed by atoms with E-state index in [1.807, 2.05) is 6.92 Å². The molecule has 0 radical (unpaired) electrons. The van der Waals surface area contributed by atoms with Gasteiger partial charge in [0.05, 0.1) is 0 Å². The summed E-state index contributed by atoms with van der Waals surface area (Å²) in [7, 11) is 0. The number of unbranched alkanes of at least 4 members (excludes halogenated alkanes) is 2. The van der Waals surface area contributed by atoms with E-state index in [9.17, 15) is 9.18 Å². The van der Waals surface area contributed by atoms with E-state index in [1.54, 1.807) is 12.1 Å². The lowest BCUT2D eigenvalue weighted by atomic mass is 10.1. The zero-order valence-electron chi connectivity index (χ0n) is 11.7. The van der Waals surface area contributed by atoms with Gasteiger partial charge in [0.25, 0.3) is 0 Å². The van der Waals surface area contributed by atoms with Gasteiger partial charge in [-0.05, 0) is 31.0 Å². The van der Waals surface area contributed by atoms with Gasteiger partial charge in [0, 0.05) is 12.6 Å². The number of carbonyl (C=O) groups excluding carboxylic acids is 1. The molecule has 0 aliphatic heterocycles. The lowest BCUT2D eigenvalue weighted by molar-refractivity contribution is 0.236. The summed E-state index contributed by atoms with van der Waals surface area (Å²) in [6.45, 7) is 4.49. The number of halogens is 1. The standard InChI is InChI=1S/C15H23FN2O/c1-3-4-5-7-12(2)18-15(19)17-11-13-8-6-9-14(16)10-13/h6,8-10,12H,3-5,7,11H2,1-2H3,(H2,17,18,19). The third-order valence-electron chi connectivity index (χ3n) is 2.96. The molecular formula is C15H23FN2O. The van der Waals surface area contributed by atoms with E-state index in [2.05, 4.69) is 17.6 Å². The SMILES string of the molecule is CCCCCC(C)NC(=O)NCc1cccc(F)c1. The lowest BCUT2D eigenvalue weighted by Gasteiger charge is -2.14. The van der Waals surface area contributed by atoms with Crippen LogP contribution in [-0.4, -0.2) is 12.1 Å². The Hall–Kier alpha value is -1.58. The van der Waals surface area contributed by atoms with Crippen molar-refractivity contribution in [2.24, 2.45) is 0 Å². The second-order valence-electron chi connectivity index (χ2n) is 4.85. The van der Waals surface area contributed by atoms with Crippen LogP contribution in [-0.2, 0) is 6.54 Å². The van der Waals surface area contributed by atoms with Crippen LogP contribution in [0.2, 0.25) is 0 Å². The molecule has 0 heterocycles. The molecule has 0 saturated heterocycles. The van der Waals surface area contributed by atoms with Gasteiger partial charge in [-0.25, -0.2) is 9.18 Å². The highest BCUT2D eigenvalue weighted by Crippen LogP contribution is 2.04. The molecule has 1 rings (SSSR count). The van der Waals surface area contributed by atoms with Crippen LogP contribution < -0.4 is 10.6 Å². The molecular weight excluding hydrogens is 243 g/mol. The molecule has 0 aliphatic carbocycles. The van der Waals surface area contributed by atoms with Crippen molar-refractivity contribution >= 4 is 6.03 Å². The molecule has 1 aromatic carbocycles.